The minimum absolute atomic E-state index is 0.110. The Morgan fingerprint density at radius 3 is 2.36 bits per heavy atom. The Kier molecular flexibility index (Phi) is 4.54. The Morgan fingerprint density at radius 1 is 1.18 bits per heavy atom. The third-order valence-electron chi connectivity index (χ3n) is 3.09. The molecule has 0 unspecified atom stereocenters. The van der Waals surface area contributed by atoms with Crippen molar-refractivity contribution in [2.75, 3.05) is 6.61 Å². The van der Waals surface area contributed by atoms with E-state index in [-0.39, 0.29) is 5.57 Å². The maximum absolute atomic E-state index is 11.9. The van der Waals surface area contributed by atoms with Gasteiger partial charge < -0.3 is 14.2 Å². The summed E-state index contributed by atoms with van der Waals surface area (Å²) < 4.78 is 15.7. The number of rotatable bonds is 4. The molecular weight excluding hydrogens is 284 g/mol. The molecule has 0 aromatic heterocycles. The summed E-state index contributed by atoms with van der Waals surface area (Å²) in [5.41, 5.74) is 1.53. The van der Waals surface area contributed by atoms with Gasteiger partial charge in [-0.15, -0.1) is 0 Å². The summed E-state index contributed by atoms with van der Waals surface area (Å²) in [5, 5.41) is 0. The Balaban J connectivity index is 2.24. The van der Waals surface area contributed by atoms with Gasteiger partial charge in [0.25, 0.3) is 5.79 Å². The summed E-state index contributed by atoms with van der Waals surface area (Å²) in [4.78, 5) is 23.8. The van der Waals surface area contributed by atoms with E-state index >= 15 is 0 Å². The van der Waals surface area contributed by atoms with Gasteiger partial charge in [-0.1, -0.05) is 13.0 Å². The van der Waals surface area contributed by atoms with Gasteiger partial charge in [0.05, 0.1) is 6.61 Å². The van der Waals surface area contributed by atoms with Crippen LogP contribution in [0, 0.1) is 6.92 Å². The highest BCUT2D eigenvalue weighted by molar-refractivity contribution is 6.18. The van der Waals surface area contributed by atoms with Gasteiger partial charge >= 0.3 is 11.9 Å². The van der Waals surface area contributed by atoms with Crippen LogP contribution < -0.4 is 4.74 Å². The van der Waals surface area contributed by atoms with Crippen molar-refractivity contribution >= 4 is 18.0 Å². The lowest BCUT2D eigenvalue weighted by Gasteiger charge is -2.29. The molecule has 22 heavy (non-hydrogen) atoms. The molecule has 1 aromatic carbocycles. The molecule has 5 heteroatoms. The molecule has 0 saturated carbocycles. The Morgan fingerprint density at radius 2 is 1.82 bits per heavy atom. The van der Waals surface area contributed by atoms with Crippen molar-refractivity contribution in [3.63, 3.8) is 0 Å². The first-order valence-electron chi connectivity index (χ1n) is 7.24. The van der Waals surface area contributed by atoms with Crippen LogP contribution in [0.4, 0.5) is 0 Å². The second kappa shape index (κ2) is 6.22. The maximum atomic E-state index is 11.9. The first-order chi connectivity index (χ1) is 10.3. The molecule has 1 saturated heterocycles. The number of esters is 2. The number of benzene rings is 1. The second-order valence-corrected chi connectivity index (χ2v) is 5.61. The van der Waals surface area contributed by atoms with Crippen molar-refractivity contribution < 1.29 is 23.8 Å². The van der Waals surface area contributed by atoms with E-state index in [1.807, 2.05) is 26.0 Å². The Labute approximate surface area is 129 Å². The number of hydrogen-bond donors (Lipinski definition) is 0. The molecule has 2 rings (SSSR count). The van der Waals surface area contributed by atoms with E-state index in [1.165, 1.54) is 19.9 Å². The van der Waals surface area contributed by atoms with Crippen molar-refractivity contribution in [3.8, 4) is 5.75 Å². The first-order valence-corrected chi connectivity index (χ1v) is 7.24. The van der Waals surface area contributed by atoms with Crippen molar-refractivity contribution in [1.29, 1.82) is 0 Å². The molecule has 0 atom stereocenters. The minimum atomic E-state index is -1.22. The van der Waals surface area contributed by atoms with Crippen LogP contribution in [0.25, 0.3) is 6.08 Å². The normalized spacial score (nSPS) is 16.8. The van der Waals surface area contributed by atoms with Crippen LogP contribution in [0.15, 0.2) is 23.8 Å². The molecule has 0 spiro atoms. The highest BCUT2D eigenvalue weighted by atomic mass is 16.7. The second-order valence-electron chi connectivity index (χ2n) is 5.61. The van der Waals surface area contributed by atoms with E-state index in [9.17, 15) is 9.59 Å². The van der Waals surface area contributed by atoms with Crippen molar-refractivity contribution in [1.82, 2.24) is 0 Å². The van der Waals surface area contributed by atoms with Gasteiger partial charge in [-0.3, -0.25) is 0 Å². The summed E-state index contributed by atoms with van der Waals surface area (Å²) >= 11 is 0. The molecule has 0 bridgehead atoms. The third-order valence-corrected chi connectivity index (χ3v) is 3.09. The van der Waals surface area contributed by atoms with Crippen LogP contribution >= 0.6 is 0 Å². The standard InChI is InChI=1S/C17H20O5/c1-5-8-20-14-7-6-12(9-11(14)2)10-13-15(18)21-17(3,4)22-16(13)19/h6-7,9-10H,5,8H2,1-4H3. The van der Waals surface area contributed by atoms with Gasteiger partial charge in [0.15, 0.2) is 0 Å². The van der Waals surface area contributed by atoms with Crippen LogP contribution in [0.1, 0.15) is 38.3 Å². The summed E-state index contributed by atoms with van der Waals surface area (Å²) in [6.07, 6.45) is 2.40. The molecule has 118 valence electrons. The third kappa shape index (κ3) is 3.67. The largest absolute Gasteiger partial charge is 0.493 e. The van der Waals surface area contributed by atoms with E-state index < -0.39 is 17.7 Å². The maximum Gasteiger partial charge on any atom is 0.348 e. The zero-order valence-electron chi connectivity index (χ0n) is 13.3. The van der Waals surface area contributed by atoms with Crippen LogP contribution in [-0.2, 0) is 19.1 Å². The fourth-order valence-electron chi connectivity index (χ4n) is 2.08. The number of carbonyl (C=O) groups is 2. The number of hydrogen-bond acceptors (Lipinski definition) is 5. The van der Waals surface area contributed by atoms with Gasteiger partial charge in [-0.05, 0) is 42.7 Å². The molecule has 1 fully saturated rings. The number of cyclic esters (lactones) is 2. The average Bonchev–Trinajstić information content (AvgIpc) is 2.41. The SMILES string of the molecule is CCCOc1ccc(C=C2C(=O)OC(C)(C)OC2=O)cc1C. The highest BCUT2D eigenvalue weighted by Crippen LogP contribution is 2.26. The number of ether oxygens (including phenoxy) is 3. The smallest absolute Gasteiger partial charge is 0.348 e. The van der Waals surface area contributed by atoms with E-state index in [0.717, 1.165) is 17.7 Å². The molecule has 1 aromatic rings. The molecule has 0 radical (unpaired) electrons. The van der Waals surface area contributed by atoms with E-state index in [0.29, 0.717) is 12.2 Å². The van der Waals surface area contributed by atoms with Crippen LogP contribution in [0.5, 0.6) is 5.75 Å². The van der Waals surface area contributed by atoms with Crippen LogP contribution in [0.2, 0.25) is 0 Å². The minimum Gasteiger partial charge on any atom is -0.493 e. The molecule has 0 N–H and O–H groups in total. The first kappa shape index (κ1) is 16.1. The lowest BCUT2D eigenvalue weighted by molar-refractivity contribution is -0.222. The lowest BCUT2D eigenvalue weighted by atomic mass is 10.1. The van der Waals surface area contributed by atoms with Crippen LogP contribution in [0.3, 0.4) is 0 Å². The van der Waals surface area contributed by atoms with Crippen molar-refractivity contribution in [2.45, 2.75) is 39.9 Å². The fraction of sp³-hybridized carbons (Fsp3) is 0.412. The Bertz CT molecular complexity index is 606. The van der Waals surface area contributed by atoms with E-state index in [4.69, 9.17) is 14.2 Å². The van der Waals surface area contributed by atoms with Crippen LogP contribution in [-0.4, -0.2) is 24.3 Å². The van der Waals surface area contributed by atoms with Gasteiger partial charge in [0, 0.05) is 13.8 Å². The fourth-order valence-corrected chi connectivity index (χ4v) is 2.08. The zero-order chi connectivity index (χ0) is 16.3. The quantitative estimate of drug-likeness (QED) is 0.486. The Hall–Kier alpha value is -2.30. The molecule has 1 heterocycles. The summed E-state index contributed by atoms with van der Waals surface area (Å²) in [5.74, 6) is -1.78. The van der Waals surface area contributed by atoms with E-state index in [2.05, 4.69) is 0 Å². The molecule has 1 aliphatic rings. The molecular formula is C17H20O5. The van der Waals surface area contributed by atoms with Gasteiger partial charge in [0.1, 0.15) is 11.3 Å². The highest BCUT2D eigenvalue weighted by Gasteiger charge is 2.38. The monoisotopic (exact) mass is 304 g/mol. The number of aryl methyl sites for hydroxylation is 1. The molecule has 5 nitrogen and oxygen atoms in total. The van der Waals surface area contributed by atoms with Crippen molar-refractivity contribution in [2.24, 2.45) is 0 Å². The molecule has 0 aliphatic carbocycles. The summed E-state index contributed by atoms with van der Waals surface area (Å²) in [7, 11) is 0. The summed E-state index contributed by atoms with van der Waals surface area (Å²) in [6.45, 7) is 7.63. The summed E-state index contributed by atoms with van der Waals surface area (Å²) in [6, 6.07) is 5.45. The lowest BCUT2D eigenvalue weighted by Crippen LogP contribution is -2.41. The van der Waals surface area contributed by atoms with Gasteiger partial charge in [-0.2, -0.15) is 0 Å². The molecule has 0 amide bonds. The predicted molar refractivity (Wildman–Crippen MR) is 81.2 cm³/mol. The van der Waals surface area contributed by atoms with Gasteiger partial charge in [0.2, 0.25) is 0 Å². The van der Waals surface area contributed by atoms with Gasteiger partial charge in [-0.25, -0.2) is 9.59 Å². The zero-order valence-corrected chi connectivity index (χ0v) is 13.3. The van der Waals surface area contributed by atoms with Crippen molar-refractivity contribution in [3.05, 3.63) is 34.9 Å². The topological polar surface area (TPSA) is 61.8 Å². The molecule has 1 aliphatic heterocycles. The average molecular weight is 304 g/mol. The van der Waals surface area contributed by atoms with E-state index in [1.54, 1.807) is 6.07 Å². The predicted octanol–water partition coefficient (Wildman–Crippen LogP) is 3.00. The number of carbonyl (C=O) groups excluding carboxylic acids is 2.